The molecule has 1 aliphatic rings. The van der Waals surface area contributed by atoms with Gasteiger partial charge in [-0.05, 0) is 30.7 Å². The normalized spacial score (nSPS) is 20.7. The fourth-order valence-electron chi connectivity index (χ4n) is 1.59. The van der Waals surface area contributed by atoms with Crippen LogP contribution >= 0.6 is 15.9 Å². The molecule has 1 atom stereocenters. The van der Waals surface area contributed by atoms with Gasteiger partial charge in [-0.25, -0.2) is 4.79 Å². The van der Waals surface area contributed by atoms with Crippen molar-refractivity contribution in [3.8, 4) is 5.75 Å². The highest BCUT2D eigenvalue weighted by Crippen LogP contribution is 2.34. The van der Waals surface area contributed by atoms with E-state index in [2.05, 4.69) is 20.7 Å². The van der Waals surface area contributed by atoms with E-state index in [1.807, 2.05) is 24.3 Å². The molecule has 0 aliphatic carbocycles. The maximum absolute atomic E-state index is 11.0. The summed E-state index contributed by atoms with van der Waals surface area (Å²) >= 11 is 3.36. The van der Waals surface area contributed by atoms with Crippen molar-refractivity contribution in [2.45, 2.75) is 18.6 Å². The minimum Gasteiger partial charge on any atom is -0.494 e. The molecule has 5 nitrogen and oxygen atoms in total. The molecule has 1 fully saturated rings. The van der Waals surface area contributed by atoms with Gasteiger partial charge >= 0.3 is 6.16 Å². The Labute approximate surface area is 119 Å². The zero-order valence-electron chi connectivity index (χ0n) is 10.6. The van der Waals surface area contributed by atoms with Crippen LogP contribution in [0.4, 0.5) is 4.79 Å². The summed E-state index contributed by atoms with van der Waals surface area (Å²) in [5, 5.41) is 0. The SMILES string of the molecule is COC(=O)OC1(CCCOc2ccc(Br)cc2)CO1. The first-order valence-corrected chi connectivity index (χ1v) is 6.72. The van der Waals surface area contributed by atoms with Crippen LogP contribution in [-0.4, -0.2) is 32.3 Å². The van der Waals surface area contributed by atoms with Gasteiger partial charge in [0.15, 0.2) is 0 Å². The van der Waals surface area contributed by atoms with Crippen molar-refractivity contribution in [2.24, 2.45) is 0 Å². The molecular formula is C13H15BrO5. The van der Waals surface area contributed by atoms with Gasteiger partial charge in [-0.2, -0.15) is 0 Å². The second-order valence-corrected chi connectivity index (χ2v) is 5.08. The molecule has 0 N–H and O–H groups in total. The molecule has 6 heteroatoms. The van der Waals surface area contributed by atoms with Crippen LogP contribution in [0, 0.1) is 0 Å². The Hall–Kier alpha value is -1.27. The Kier molecular flexibility index (Phi) is 4.66. The second kappa shape index (κ2) is 6.25. The Morgan fingerprint density at radius 1 is 1.42 bits per heavy atom. The van der Waals surface area contributed by atoms with Crippen molar-refractivity contribution in [2.75, 3.05) is 20.3 Å². The standard InChI is InChI=1S/C13H15BrO5/c1-16-12(15)19-13(9-18-13)7-2-8-17-11-5-3-10(14)4-6-11/h3-6H,2,7-9H2,1H3. The molecule has 1 aromatic carbocycles. The molecule has 1 saturated heterocycles. The van der Waals surface area contributed by atoms with Crippen LogP contribution < -0.4 is 4.74 Å². The van der Waals surface area contributed by atoms with Crippen LogP contribution in [0.2, 0.25) is 0 Å². The zero-order chi connectivity index (χ0) is 13.7. The number of hydrogen-bond acceptors (Lipinski definition) is 5. The summed E-state index contributed by atoms with van der Waals surface area (Å²) in [6, 6.07) is 7.61. The molecule has 0 bridgehead atoms. The predicted molar refractivity (Wildman–Crippen MR) is 71.0 cm³/mol. The minimum absolute atomic E-state index is 0.417. The van der Waals surface area contributed by atoms with Gasteiger partial charge in [-0.1, -0.05) is 15.9 Å². The second-order valence-electron chi connectivity index (χ2n) is 4.16. The topological polar surface area (TPSA) is 57.3 Å². The summed E-state index contributed by atoms with van der Waals surface area (Å²) in [4.78, 5) is 11.0. The third kappa shape index (κ3) is 4.40. The van der Waals surface area contributed by atoms with Gasteiger partial charge in [0.2, 0.25) is 5.79 Å². The molecule has 104 valence electrons. The highest BCUT2D eigenvalue weighted by molar-refractivity contribution is 9.10. The fourth-order valence-corrected chi connectivity index (χ4v) is 1.86. The summed E-state index contributed by atoms with van der Waals surface area (Å²) in [5.74, 6) is 0.0127. The van der Waals surface area contributed by atoms with Gasteiger partial charge in [0, 0.05) is 10.9 Å². The average Bonchev–Trinajstić information content (AvgIpc) is 3.17. The molecule has 0 spiro atoms. The van der Waals surface area contributed by atoms with Crippen molar-refractivity contribution in [1.29, 1.82) is 0 Å². The van der Waals surface area contributed by atoms with Crippen LogP contribution in [0.1, 0.15) is 12.8 Å². The van der Waals surface area contributed by atoms with E-state index in [4.69, 9.17) is 14.2 Å². The van der Waals surface area contributed by atoms with E-state index in [-0.39, 0.29) is 0 Å². The van der Waals surface area contributed by atoms with E-state index in [1.54, 1.807) is 0 Å². The van der Waals surface area contributed by atoms with Crippen LogP contribution in [0.15, 0.2) is 28.7 Å². The predicted octanol–water partition coefficient (Wildman–Crippen LogP) is 3.12. The van der Waals surface area contributed by atoms with Gasteiger partial charge < -0.3 is 18.9 Å². The lowest BCUT2D eigenvalue weighted by Crippen LogP contribution is -2.22. The van der Waals surface area contributed by atoms with E-state index in [1.165, 1.54) is 7.11 Å². The number of epoxide rings is 1. The van der Waals surface area contributed by atoms with Gasteiger partial charge in [-0.15, -0.1) is 0 Å². The van der Waals surface area contributed by atoms with Crippen molar-refractivity contribution in [3.63, 3.8) is 0 Å². The van der Waals surface area contributed by atoms with E-state index in [0.717, 1.165) is 16.6 Å². The van der Waals surface area contributed by atoms with Crippen molar-refractivity contribution >= 4 is 22.1 Å². The number of benzene rings is 1. The van der Waals surface area contributed by atoms with Gasteiger partial charge in [0.25, 0.3) is 0 Å². The van der Waals surface area contributed by atoms with E-state index >= 15 is 0 Å². The molecule has 19 heavy (non-hydrogen) atoms. The molecule has 1 unspecified atom stereocenters. The Balaban J connectivity index is 1.67. The number of ether oxygens (including phenoxy) is 4. The van der Waals surface area contributed by atoms with Crippen molar-refractivity contribution in [3.05, 3.63) is 28.7 Å². The number of rotatable bonds is 6. The first-order valence-electron chi connectivity index (χ1n) is 5.93. The van der Waals surface area contributed by atoms with Crippen LogP contribution in [0.25, 0.3) is 0 Å². The maximum atomic E-state index is 11.0. The van der Waals surface area contributed by atoms with Crippen LogP contribution in [0.3, 0.4) is 0 Å². The smallest absolute Gasteiger partial charge is 0.494 e. The third-order valence-corrected chi connectivity index (χ3v) is 3.22. The molecule has 0 radical (unpaired) electrons. The van der Waals surface area contributed by atoms with E-state index in [0.29, 0.717) is 19.6 Å². The van der Waals surface area contributed by atoms with E-state index in [9.17, 15) is 4.79 Å². The van der Waals surface area contributed by atoms with Gasteiger partial charge in [-0.3, -0.25) is 0 Å². The summed E-state index contributed by atoms with van der Waals surface area (Å²) in [6.07, 6.45) is 0.609. The summed E-state index contributed by atoms with van der Waals surface area (Å²) in [5.41, 5.74) is 0. The van der Waals surface area contributed by atoms with Crippen LogP contribution in [-0.2, 0) is 14.2 Å². The number of carbonyl (C=O) groups excluding carboxylic acids is 1. The Bertz CT molecular complexity index is 427. The molecule has 1 aliphatic heterocycles. The number of carbonyl (C=O) groups is 1. The quantitative estimate of drug-likeness (QED) is 0.455. The number of methoxy groups -OCH3 is 1. The van der Waals surface area contributed by atoms with Crippen LogP contribution in [0.5, 0.6) is 5.75 Å². The van der Waals surface area contributed by atoms with E-state index < -0.39 is 11.9 Å². The lowest BCUT2D eigenvalue weighted by Gasteiger charge is -2.12. The molecule has 1 heterocycles. The molecule has 2 rings (SSSR count). The molecule has 0 amide bonds. The summed E-state index contributed by atoms with van der Waals surface area (Å²) < 4.78 is 21.2. The molecule has 1 aromatic rings. The minimum atomic E-state index is -0.795. The first-order chi connectivity index (χ1) is 9.13. The van der Waals surface area contributed by atoms with Gasteiger partial charge in [0.05, 0.1) is 13.7 Å². The number of halogens is 1. The van der Waals surface area contributed by atoms with Crippen molar-refractivity contribution in [1.82, 2.24) is 0 Å². The zero-order valence-corrected chi connectivity index (χ0v) is 12.1. The molecular weight excluding hydrogens is 316 g/mol. The number of hydrogen-bond donors (Lipinski definition) is 0. The third-order valence-electron chi connectivity index (χ3n) is 2.69. The first kappa shape index (κ1) is 14.1. The average molecular weight is 331 g/mol. The monoisotopic (exact) mass is 330 g/mol. The summed E-state index contributed by atoms with van der Waals surface area (Å²) in [6.45, 7) is 0.956. The maximum Gasteiger partial charge on any atom is 0.510 e. The molecule has 0 saturated carbocycles. The van der Waals surface area contributed by atoms with Gasteiger partial charge in [0.1, 0.15) is 12.4 Å². The van der Waals surface area contributed by atoms with Crippen molar-refractivity contribution < 1.29 is 23.7 Å². The Morgan fingerprint density at radius 3 is 2.68 bits per heavy atom. The highest BCUT2D eigenvalue weighted by Gasteiger charge is 2.49. The lowest BCUT2D eigenvalue weighted by atomic mass is 10.2. The highest BCUT2D eigenvalue weighted by atomic mass is 79.9. The molecule has 0 aromatic heterocycles. The Morgan fingerprint density at radius 2 is 2.11 bits per heavy atom. The lowest BCUT2D eigenvalue weighted by molar-refractivity contribution is -0.0335. The largest absolute Gasteiger partial charge is 0.510 e. The fraction of sp³-hybridized carbons (Fsp3) is 0.462. The summed E-state index contributed by atoms with van der Waals surface area (Å²) in [7, 11) is 1.27.